The normalized spacial score (nSPS) is 10.5. The van der Waals surface area contributed by atoms with Gasteiger partial charge in [-0.3, -0.25) is 4.98 Å². The molecule has 0 fully saturated rings. The summed E-state index contributed by atoms with van der Waals surface area (Å²) in [6.45, 7) is 1.66. The molecule has 2 aromatic rings. The summed E-state index contributed by atoms with van der Waals surface area (Å²) in [7, 11) is 3.98. The number of nitrogens with one attached hydrogen (secondary N) is 1. The second-order valence-electron chi connectivity index (χ2n) is 3.82. The molecule has 0 spiro atoms. The van der Waals surface area contributed by atoms with E-state index in [2.05, 4.69) is 20.2 Å². The van der Waals surface area contributed by atoms with Gasteiger partial charge in [-0.1, -0.05) is 6.07 Å². The summed E-state index contributed by atoms with van der Waals surface area (Å²) >= 11 is 1.71. The Bertz CT molecular complexity index is 455. The molecule has 1 N–H and O–H groups in total. The number of aromatic nitrogens is 2. The van der Waals surface area contributed by atoms with Gasteiger partial charge < -0.3 is 10.2 Å². The SMILES string of the molecule is CNCc1cnc(N(C)Cc2ccccn2)s1. The van der Waals surface area contributed by atoms with Crippen molar-refractivity contribution in [2.75, 3.05) is 19.0 Å². The second kappa shape index (κ2) is 5.75. The number of hydrogen-bond donors (Lipinski definition) is 1. The third-order valence-corrected chi connectivity index (χ3v) is 3.46. The first-order chi connectivity index (χ1) is 8.29. The van der Waals surface area contributed by atoms with E-state index in [4.69, 9.17) is 0 Å². The Labute approximate surface area is 105 Å². The Morgan fingerprint density at radius 2 is 2.24 bits per heavy atom. The highest BCUT2D eigenvalue weighted by molar-refractivity contribution is 7.15. The number of pyridine rings is 1. The molecule has 0 aliphatic rings. The molecule has 2 aromatic heterocycles. The summed E-state index contributed by atoms with van der Waals surface area (Å²) in [6, 6.07) is 5.96. The molecule has 0 bridgehead atoms. The molecule has 0 saturated heterocycles. The van der Waals surface area contributed by atoms with Gasteiger partial charge in [0, 0.05) is 30.9 Å². The van der Waals surface area contributed by atoms with Crippen LogP contribution in [0.25, 0.3) is 0 Å². The van der Waals surface area contributed by atoms with Crippen molar-refractivity contribution in [2.24, 2.45) is 0 Å². The van der Waals surface area contributed by atoms with Crippen molar-refractivity contribution < 1.29 is 0 Å². The van der Waals surface area contributed by atoms with E-state index >= 15 is 0 Å². The van der Waals surface area contributed by atoms with Crippen LogP contribution in [0.1, 0.15) is 10.6 Å². The fourth-order valence-electron chi connectivity index (χ4n) is 1.53. The number of rotatable bonds is 5. The molecule has 5 heteroatoms. The van der Waals surface area contributed by atoms with E-state index in [0.29, 0.717) is 0 Å². The van der Waals surface area contributed by atoms with Crippen molar-refractivity contribution in [2.45, 2.75) is 13.1 Å². The lowest BCUT2D eigenvalue weighted by molar-refractivity contribution is 0.829. The van der Waals surface area contributed by atoms with Crippen LogP contribution >= 0.6 is 11.3 Å². The predicted molar refractivity (Wildman–Crippen MR) is 71.2 cm³/mol. The third kappa shape index (κ3) is 3.25. The van der Waals surface area contributed by atoms with Gasteiger partial charge in [0.15, 0.2) is 5.13 Å². The molecular formula is C12H16N4S. The van der Waals surface area contributed by atoms with E-state index in [1.54, 1.807) is 11.3 Å². The smallest absolute Gasteiger partial charge is 0.185 e. The predicted octanol–water partition coefficient (Wildman–Crippen LogP) is 1.89. The topological polar surface area (TPSA) is 41.1 Å². The average Bonchev–Trinajstić information content (AvgIpc) is 2.79. The average molecular weight is 248 g/mol. The first-order valence-corrected chi connectivity index (χ1v) is 6.31. The van der Waals surface area contributed by atoms with Crippen LogP contribution in [-0.4, -0.2) is 24.1 Å². The Morgan fingerprint density at radius 3 is 2.94 bits per heavy atom. The molecule has 2 rings (SSSR count). The van der Waals surface area contributed by atoms with Crippen LogP contribution in [0.5, 0.6) is 0 Å². The van der Waals surface area contributed by atoms with Crippen molar-refractivity contribution >= 4 is 16.5 Å². The summed E-state index contributed by atoms with van der Waals surface area (Å²) in [5, 5.41) is 4.15. The summed E-state index contributed by atoms with van der Waals surface area (Å²) < 4.78 is 0. The first kappa shape index (κ1) is 12.0. The molecule has 0 aromatic carbocycles. The minimum absolute atomic E-state index is 0.785. The van der Waals surface area contributed by atoms with Crippen molar-refractivity contribution in [1.29, 1.82) is 0 Å². The van der Waals surface area contributed by atoms with Gasteiger partial charge >= 0.3 is 0 Å². The Kier molecular flexibility index (Phi) is 4.06. The van der Waals surface area contributed by atoms with E-state index < -0.39 is 0 Å². The molecule has 4 nitrogen and oxygen atoms in total. The number of anilines is 1. The summed E-state index contributed by atoms with van der Waals surface area (Å²) in [5.74, 6) is 0. The summed E-state index contributed by atoms with van der Waals surface area (Å²) in [5.41, 5.74) is 1.06. The van der Waals surface area contributed by atoms with Gasteiger partial charge in [0.25, 0.3) is 0 Å². The maximum absolute atomic E-state index is 4.41. The largest absolute Gasteiger partial charge is 0.345 e. The number of hydrogen-bond acceptors (Lipinski definition) is 5. The van der Waals surface area contributed by atoms with Gasteiger partial charge in [-0.2, -0.15) is 0 Å². The summed E-state index contributed by atoms with van der Waals surface area (Å²) in [4.78, 5) is 12.1. The number of nitrogens with zero attached hydrogens (tertiary/aromatic N) is 3. The van der Waals surface area contributed by atoms with E-state index in [1.807, 2.05) is 44.7 Å². The Hall–Kier alpha value is -1.46. The molecule has 0 unspecified atom stereocenters. The minimum Gasteiger partial charge on any atom is -0.345 e. The first-order valence-electron chi connectivity index (χ1n) is 5.50. The highest BCUT2D eigenvalue weighted by atomic mass is 32.1. The minimum atomic E-state index is 0.785. The molecule has 90 valence electrons. The molecular weight excluding hydrogens is 232 g/mol. The molecule has 2 heterocycles. The van der Waals surface area contributed by atoms with Crippen LogP contribution in [0, 0.1) is 0 Å². The van der Waals surface area contributed by atoms with Crippen molar-refractivity contribution in [3.8, 4) is 0 Å². The summed E-state index contributed by atoms with van der Waals surface area (Å²) in [6.07, 6.45) is 3.74. The quantitative estimate of drug-likeness (QED) is 0.877. The fraction of sp³-hybridized carbons (Fsp3) is 0.333. The lowest BCUT2D eigenvalue weighted by Crippen LogP contribution is -2.16. The fourth-order valence-corrected chi connectivity index (χ4v) is 2.41. The van der Waals surface area contributed by atoms with Crippen LogP contribution < -0.4 is 10.2 Å². The van der Waals surface area contributed by atoms with Crippen LogP contribution in [0.3, 0.4) is 0 Å². The van der Waals surface area contributed by atoms with Gasteiger partial charge in [-0.15, -0.1) is 11.3 Å². The monoisotopic (exact) mass is 248 g/mol. The molecule has 0 amide bonds. The molecule has 0 aliphatic heterocycles. The van der Waals surface area contributed by atoms with Crippen molar-refractivity contribution in [1.82, 2.24) is 15.3 Å². The zero-order valence-electron chi connectivity index (χ0n) is 10.1. The highest BCUT2D eigenvalue weighted by Gasteiger charge is 2.07. The van der Waals surface area contributed by atoms with Gasteiger partial charge in [0.05, 0.1) is 12.2 Å². The second-order valence-corrected chi connectivity index (χ2v) is 4.91. The molecule has 0 atom stereocenters. The third-order valence-electron chi connectivity index (χ3n) is 2.34. The molecule has 17 heavy (non-hydrogen) atoms. The highest BCUT2D eigenvalue weighted by Crippen LogP contribution is 2.22. The van der Waals surface area contributed by atoms with Gasteiger partial charge in [0.2, 0.25) is 0 Å². The van der Waals surface area contributed by atoms with E-state index in [1.165, 1.54) is 4.88 Å². The van der Waals surface area contributed by atoms with Crippen LogP contribution in [0.2, 0.25) is 0 Å². The van der Waals surface area contributed by atoms with Crippen LogP contribution in [0.15, 0.2) is 30.6 Å². The van der Waals surface area contributed by atoms with Crippen LogP contribution in [0.4, 0.5) is 5.13 Å². The van der Waals surface area contributed by atoms with Crippen LogP contribution in [-0.2, 0) is 13.1 Å². The zero-order chi connectivity index (χ0) is 12.1. The lowest BCUT2D eigenvalue weighted by Gasteiger charge is -2.14. The van der Waals surface area contributed by atoms with E-state index in [-0.39, 0.29) is 0 Å². The maximum Gasteiger partial charge on any atom is 0.185 e. The van der Waals surface area contributed by atoms with Crippen molar-refractivity contribution in [3.05, 3.63) is 41.2 Å². The Balaban J connectivity index is 2.01. The molecule has 0 radical (unpaired) electrons. The van der Waals surface area contributed by atoms with E-state index in [9.17, 15) is 0 Å². The van der Waals surface area contributed by atoms with Crippen molar-refractivity contribution in [3.63, 3.8) is 0 Å². The molecule has 0 aliphatic carbocycles. The number of thiazole rings is 1. The zero-order valence-corrected chi connectivity index (χ0v) is 10.9. The van der Waals surface area contributed by atoms with Gasteiger partial charge in [-0.25, -0.2) is 4.98 Å². The molecule has 0 saturated carbocycles. The lowest BCUT2D eigenvalue weighted by atomic mass is 10.3. The van der Waals surface area contributed by atoms with Gasteiger partial charge in [-0.05, 0) is 19.2 Å². The van der Waals surface area contributed by atoms with Gasteiger partial charge in [0.1, 0.15) is 0 Å². The van der Waals surface area contributed by atoms with E-state index in [0.717, 1.165) is 23.9 Å². The standard InChI is InChI=1S/C12H16N4S/c1-13-7-11-8-15-12(17-11)16(2)9-10-5-3-4-6-14-10/h3-6,8,13H,7,9H2,1-2H3. The maximum atomic E-state index is 4.41. The Morgan fingerprint density at radius 1 is 1.35 bits per heavy atom.